The van der Waals surface area contributed by atoms with Gasteiger partial charge in [0.25, 0.3) is 0 Å². The van der Waals surface area contributed by atoms with E-state index in [1.54, 1.807) is 6.20 Å². The van der Waals surface area contributed by atoms with Gasteiger partial charge in [-0.15, -0.1) is 0 Å². The third-order valence-corrected chi connectivity index (χ3v) is 5.96. The van der Waals surface area contributed by atoms with Crippen LogP contribution in [0.15, 0.2) is 42.6 Å². The molecule has 0 saturated heterocycles. The molecule has 0 bridgehead atoms. The number of ether oxygens (including phenoxy) is 1. The molecule has 148 valence electrons. The maximum absolute atomic E-state index is 11.5. The zero-order valence-corrected chi connectivity index (χ0v) is 16.9. The highest BCUT2D eigenvalue weighted by molar-refractivity contribution is 7.88. The average molecular weight is 392 g/mol. The number of sulfonamides is 1. The molecule has 0 radical (unpaired) electrons. The van der Waals surface area contributed by atoms with E-state index in [9.17, 15) is 8.42 Å². The summed E-state index contributed by atoms with van der Waals surface area (Å²) in [5, 5.41) is 4.33. The van der Waals surface area contributed by atoms with Crippen molar-refractivity contribution in [2.75, 3.05) is 19.4 Å². The first kappa shape index (κ1) is 20.0. The maximum atomic E-state index is 11.5. The predicted molar refractivity (Wildman–Crippen MR) is 106 cm³/mol. The van der Waals surface area contributed by atoms with E-state index in [-0.39, 0.29) is 18.7 Å². The van der Waals surface area contributed by atoms with Crippen LogP contribution in [-0.2, 0) is 14.8 Å². The van der Waals surface area contributed by atoms with Gasteiger partial charge in [0.1, 0.15) is 0 Å². The Morgan fingerprint density at radius 3 is 2.48 bits per heavy atom. The van der Waals surface area contributed by atoms with Crippen LogP contribution in [-0.4, -0.2) is 43.7 Å². The molecule has 2 aromatic rings. The largest absolute Gasteiger partial charge is 0.376 e. The maximum Gasteiger partial charge on any atom is 0.208 e. The predicted octanol–water partition coefficient (Wildman–Crippen LogP) is 3.02. The molecule has 0 aliphatic heterocycles. The fraction of sp³-hybridized carbons (Fsp3) is 0.550. The van der Waals surface area contributed by atoms with Crippen molar-refractivity contribution in [3.8, 4) is 0 Å². The average Bonchev–Trinajstić information content (AvgIpc) is 3.08. The smallest absolute Gasteiger partial charge is 0.208 e. The third kappa shape index (κ3) is 5.89. The second kappa shape index (κ2) is 8.99. The number of nitrogens with zero attached hydrogens (tertiary/aromatic N) is 2. The molecular weight excluding hydrogens is 362 g/mol. The summed E-state index contributed by atoms with van der Waals surface area (Å²) in [7, 11) is -3.25. The molecule has 27 heavy (non-hydrogen) atoms. The van der Waals surface area contributed by atoms with Crippen molar-refractivity contribution < 1.29 is 13.2 Å². The van der Waals surface area contributed by atoms with Gasteiger partial charge in [0, 0.05) is 18.4 Å². The van der Waals surface area contributed by atoms with E-state index in [1.165, 1.54) is 11.8 Å². The minimum absolute atomic E-state index is 0.151. The van der Waals surface area contributed by atoms with Gasteiger partial charge in [-0.05, 0) is 50.2 Å². The quantitative estimate of drug-likeness (QED) is 0.751. The van der Waals surface area contributed by atoms with Crippen LogP contribution in [0.25, 0.3) is 0 Å². The van der Waals surface area contributed by atoms with Crippen LogP contribution in [0.4, 0.5) is 0 Å². The van der Waals surface area contributed by atoms with Gasteiger partial charge in [-0.25, -0.2) is 13.1 Å². The molecule has 1 aromatic heterocycles. The lowest BCUT2D eigenvalue weighted by Crippen LogP contribution is -2.34. The van der Waals surface area contributed by atoms with Crippen LogP contribution >= 0.6 is 0 Å². The molecule has 3 rings (SSSR count). The monoisotopic (exact) mass is 391 g/mol. The molecule has 1 saturated carbocycles. The van der Waals surface area contributed by atoms with Crippen LogP contribution in [0.2, 0.25) is 0 Å². The highest BCUT2D eigenvalue weighted by Gasteiger charge is 2.24. The highest BCUT2D eigenvalue weighted by Crippen LogP contribution is 2.34. The van der Waals surface area contributed by atoms with Gasteiger partial charge in [-0.2, -0.15) is 5.10 Å². The number of aryl methyl sites for hydroxylation is 1. The Bertz CT molecular complexity index is 812. The van der Waals surface area contributed by atoms with Gasteiger partial charge < -0.3 is 4.74 Å². The molecule has 1 aliphatic rings. The molecule has 1 heterocycles. The van der Waals surface area contributed by atoms with Crippen molar-refractivity contribution in [1.29, 1.82) is 0 Å². The van der Waals surface area contributed by atoms with Gasteiger partial charge in [0.15, 0.2) is 0 Å². The lowest BCUT2D eigenvalue weighted by atomic mass is 9.83. The Morgan fingerprint density at radius 2 is 1.89 bits per heavy atom. The first-order valence-corrected chi connectivity index (χ1v) is 11.4. The first-order chi connectivity index (χ1) is 12.9. The van der Waals surface area contributed by atoms with Crippen LogP contribution < -0.4 is 4.72 Å². The molecule has 6 nitrogen and oxygen atoms in total. The topological polar surface area (TPSA) is 73.2 Å². The molecule has 1 atom stereocenters. The number of aromatic nitrogens is 2. The summed E-state index contributed by atoms with van der Waals surface area (Å²) < 4.78 is 33.6. The SMILES string of the molecule is Cc1ccnn1[C@@H](CNS(C)(=O)=O)COC1CCC(c2ccccc2)CC1. The summed E-state index contributed by atoms with van der Waals surface area (Å²) in [6.45, 7) is 2.69. The normalized spacial score (nSPS) is 21.9. The van der Waals surface area contributed by atoms with E-state index in [0.29, 0.717) is 12.5 Å². The lowest BCUT2D eigenvalue weighted by Gasteiger charge is -2.30. The number of benzene rings is 1. The van der Waals surface area contributed by atoms with E-state index in [2.05, 4.69) is 40.2 Å². The van der Waals surface area contributed by atoms with Crippen LogP contribution in [0.1, 0.15) is 48.9 Å². The van der Waals surface area contributed by atoms with Gasteiger partial charge in [0.05, 0.1) is 25.0 Å². The van der Waals surface area contributed by atoms with Gasteiger partial charge in [-0.3, -0.25) is 4.68 Å². The second-order valence-electron chi connectivity index (χ2n) is 7.41. The van der Waals surface area contributed by atoms with Gasteiger partial charge in [-0.1, -0.05) is 30.3 Å². The van der Waals surface area contributed by atoms with E-state index in [0.717, 1.165) is 31.4 Å². The Morgan fingerprint density at radius 1 is 1.19 bits per heavy atom. The van der Waals surface area contributed by atoms with Gasteiger partial charge >= 0.3 is 0 Å². The summed E-state index contributed by atoms with van der Waals surface area (Å²) in [6, 6.07) is 12.4. The Balaban J connectivity index is 1.54. The first-order valence-electron chi connectivity index (χ1n) is 9.53. The van der Waals surface area contributed by atoms with E-state index >= 15 is 0 Å². The lowest BCUT2D eigenvalue weighted by molar-refractivity contribution is 0.00578. The molecule has 1 N–H and O–H groups in total. The molecule has 1 aliphatic carbocycles. The van der Waals surface area contributed by atoms with Crippen LogP contribution in [0.5, 0.6) is 0 Å². The number of hydrogen-bond acceptors (Lipinski definition) is 4. The Kier molecular flexibility index (Phi) is 6.68. The minimum Gasteiger partial charge on any atom is -0.376 e. The highest BCUT2D eigenvalue weighted by atomic mass is 32.2. The van der Waals surface area contributed by atoms with Crippen molar-refractivity contribution >= 4 is 10.0 Å². The molecule has 7 heteroatoms. The molecular formula is C20H29N3O3S. The van der Waals surface area contributed by atoms with Crippen molar-refractivity contribution in [2.45, 2.75) is 50.7 Å². The Labute approximate surface area is 162 Å². The standard InChI is InChI=1S/C20H29N3O3S/c1-16-12-13-21-23(16)19(14-22-27(2,24)25)15-26-20-10-8-18(9-11-20)17-6-4-3-5-7-17/h3-7,12-13,18-20,22H,8-11,14-15H2,1-2H3/t18?,19-,20?/m0/s1. The molecule has 0 unspecified atom stereocenters. The zero-order valence-electron chi connectivity index (χ0n) is 16.0. The van der Waals surface area contributed by atoms with Gasteiger partial charge in [0.2, 0.25) is 10.0 Å². The van der Waals surface area contributed by atoms with E-state index < -0.39 is 10.0 Å². The van der Waals surface area contributed by atoms with E-state index in [4.69, 9.17) is 4.74 Å². The summed E-state index contributed by atoms with van der Waals surface area (Å²) in [6.07, 6.45) is 7.44. The molecule has 1 aromatic carbocycles. The summed E-state index contributed by atoms with van der Waals surface area (Å²) in [5.74, 6) is 0.613. The zero-order chi connectivity index (χ0) is 19.3. The number of hydrogen-bond donors (Lipinski definition) is 1. The number of rotatable bonds is 8. The van der Waals surface area contributed by atoms with Crippen molar-refractivity contribution in [2.24, 2.45) is 0 Å². The second-order valence-corrected chi connectivity index (χ2v) is 9.24. The molecule has 0 amide bonds. The minimum atomic E-state index is -3.25. The fourth-order valence-corrected chi connectivity index (χ4v) is 4.26. The molecule has 0 spiro atoms. The number of nitrogens with one attached hydrogen (secondary N) is 1. The van der Waals surface area contributed by atoms with Crippen molar-refractivity contribution in [3.63, 3.8) is 0 Å². The third-order valence-electron chi connectivity index (χ3n) is 5.26. The van der Waals surface area contributed by atoms with Crippen molar-refractivity contribution in [1.82, 2.24) is 14.5 Å². The summed E-state index contributed by atoms with van der Waals surface area (Å²) in [4.78, 5) is 0. The van der Waals surface area contributed by atoms with Crippen LogP contribution in [0, 0.1) is 6.92 Å². The summed E-state index contributed by atoms with van der Waals surface area (Å²) in [5.41, 5.74) is 2.41. The van der Waals surface area contributed by atoms with E-state index in [1.807, 2.05) is 17.7 Å². The Hall–Kier alpha value is -1.70. The molecule has 1 fully saturated rings. The summed E-state index contributed by atoms with van der Waals surface area (Å²) >= 11 is 0. The van der Waals surface area contributed by atoms with Crippen LogP contribution in [0.3, 0.4) is 0 Å². The van der Waals surface area contributed by atoms with Crippen molar-refractivity contribution in [3.05, 3.63) is 53.9 Å². The fourth-order valence-electron chi connectivity index (χ4n) is 3.76.